The molecule has 0 aliphatic heterocycles. The van der Waals surface area contributed by atoms with E-state index in [0.29, 0.717) is 28.4 Å². The number of hydrogen-bond donors (Lipinski definition) is 1. The van der Waals surface area contributed by atoms with Crippen molar-refractivity contribution in [1.82, 2.24) is 0 Å². The van der Waals surface area contributed by atoms with Gasteiger partial charge in [0.15, 0.2) is 18.5 Å². The van der Waals surface area contributed by atoms with Gasteiger partial charge in [0.2, 0.25) is 0 Å². The zero-order valence-electron chi connectivity index (χ0n) is 15.3. The Kier molecular flexibility index (Phi) is 7.84. The molecule has 148 valence electrons. The van der Waals surface area contributed by atoms with Gasteiger partial charge in [-0.3, -0.25) is 9.59 Å². The van der Waals surface area contributed by atoms with Crippen molar-refractivity contribution in [3.8, 4) is 5.75 Å². The van der Waals surface area contributed by atoms with Gasteiger partial charge in [0.25, 0.3) is 5.91 Å². The Balaban J connectivity index is 1.84. The molecule has 1 unspecified atom stereocenters. The van der Waals surface area contributed by atoms with Crippen LogP contribution in [0.3, 0.4) is 0 Å². The number of halogens is 2. The Hall–Kier alpha value is -2.57. The van der Waals surface area contributed by atoms with E-state index in [2.05, 4.69) is 5.32 Å². The van der Waals surface area contributed by atoms with Crippen LogP contribution in [0.5, 0.6) is 5.75 Å². The number of Topliss-reactive ketones (excluding diaryl/α,β-unsaturated/α-hetero) is 1. The van der Waals surface area contributed by atoms with E-state index in [9.17, 15) is 14.4 Å². The molecule has 0 aliphatic carbocycles. The number of anilines is 1. The largest absolute Gasteiger partial charge is 0.482 e. The van der Waals surface area contributed by atoms with Crippen LogP contribution in [-0.4, -0.2) is 30.4 Å². The summed E-state index contributed by atoms with van der Waals surface area (Å²) >= 11 is 11.9. The number of carbonyl (C=O) groups excluding carboxylic acids is 3. The number of amides is 1. The number of hydrogen-bond acceptors (Lipinski definition) is 5. The fraction of sp³-hybridized carbons (Fsp3) is 0.250. The van der Waals surface area contributed by atoms with Crippen molar-refractivity contribution < 1.29 is 23.9 Å². The highest BCUT2D eigenvalue weighted by Crippen LogP contribution is 2.29. The molecular weight excluding hydrogens is 405 g/mol. The van der Waals surface area contributed by atoms with Crippen molar-refractivity contribution >= 4 is 46.5 Å². The second kappa shape index (κ2) is 10.1. The van der Waals surface area contributed by atoms with Gasteiger partial charge in [-0.2, -0.15) is 0 Å². The summed E-state index contributed by atoms with van der Waals surface area (Å²) in [6.07, 6.45) is -0.650. The summed E-state index contributed by atoms with van der Waals surface area (Å²) in [5.74, 6) is -0.841. The number of nitrogens with one attached hydrogen (secondary N) is 1. The molecule has 0 aliphatic rings. The van der Waals surface area contributed by atoms with E-state index < -0.39 is 18.0 Å². The summed E-state index contributed by atoms with van der Waals surface area (Å²) in [5, 5.41) is 3.04. The zero-order chi connectivity index (χ0) is 20.7. The van der Waals surface area contributed by atoms with Crippen molar-refractivity contribution in [2.45, 2.75) is 26.4 Å². The monoisotopic (exact) mass is 423 g/mol. The fourth-order valence-corrected chi connectivity index (χ4v) is 2.55. The van der Waals surface area contributed by atoms with Crippen LogP contribution >= 0.6 is 23.2 Å². The third kappa shape index (κ3) is 5.97. The molecule has 8 heteroatoms. The van der Waals surface area contributed by atoms with Gasteiger partial charge in [-0.05, 0) is 43.3 Å². The molecule has 1 atom stereocenters. The maximum absolute atomic E-state index is 12.2. The number of benzene rings is 2. The molecule has 0 heterocycles. The Morgan fingerprint density at radius 3 is 2.39 bits per heavy atom. The molecule has 2 aromatic carbocycles. The number of carbonyl (C=O) groups is 3. The van der Waals surface area contributed by atoms with Crippen molar-refractivity contribution in [2.75, 3.05) is 11.9 Å². The van der Waals surface area contributed by atoms with E-state index in [0.717, 1.165) is 0 Å². The molecule has 0 radical (unpaired) electrons. The topological polar surface area (TPSA) is 81.7 Å². The van der Waals surface area contributed by atoms with Crippen LogP contribution in [-0.2, 0) is 14.3 Å². The SMILES string of the molecule is CCC(=O)c1ccc(OCC(=O)OC(C)C(=O)Nc2cccc(Cl)c2Cl)cc1. The minimum absolute atomic E-state index is 0.0191. The third-order valence-electron chi connectivity index (χ3n) is 3.74. The minimum atomic E-state index is -1.06. The molecule has 2 aromatic rings. The van der Waals surface area contributed by atoms with Crippen LogP contribution in [0.4, 0.5) is 5.69 Å². The summed E-state index contributed by atoms with van der Waals surface area (Å²) in [6, 6.07) is 11.2. The number of rotatable bonds is 8. The van der Waals surface area contributed by atoms with Crippen LogP contribution in [0, 0.1) is 0 Å². The summed E-state index contributed by atoms with van der Waals surface area (Å²) in [6.45, 7) is 2.83. The Morgan fingerprint density at radius 2 is 1.75 bits per heavy atom. The molecule has 0 fully saturated rings. The van der Waals surface area contributed by atoms with Gasteiger partial charge < -0.3 is 14.8 Å². The van der Waals surface area contributed by atoms with Crippen LogP contribution in [0.25, 0.3) is 0 Å². The number of ether oxygens (including phenoxy) is 2. The summed E-state index contributed by atoms with van der Waals surface area (Å²) in [5.41, 5.74) is 0.891. The minimum Gasteiger partial charge on any atom is -0.482 e. The Bertz CT molecular complexity index is 867. The number of esters is 1. The molecule has 2 rings (SSSR count). The first-order valence-electron chi connectivity index (χ1n) is 8.52. The van der Waals surface area contributed by atoms with Crippen molar-refractivity contribution in [3.63, 3.8) is 0 Å². The van der Waals surface area contributed by atoms with Gasteiger partial charge in [0, 0.05) is 12.0 Å². The zero-order valence-corrected chi connectivity index (χ0v) is 16.8. The first-order valence-corrected chi connectivity index (χ1v) is 9.27. The molecule has 28 heavy (non-hydrogen) atoms. The molecule has 0 saturated heterocycles. The average molecular weight is 424 g/mol. The Morgan fingerprint density at radius 1 is 1.07 bits per heavy atom. The highest BCUT2D eigenvalue weighted by Gasteiger charge is 2.19. The first kappa shape index (κ1) is 21.7. The maximum Gasteiger partial charge on any atom is 0.344 e. The maximum atomic E-state index is 12.2. The van der Waals surface area contributed by atoms with E-state index in [1.54, 1.807) is 49.4 Å². The average Bonchev–Trinajstić information content (AvgIpc) is 2.69. The second-order valence-corrected chi connectivity index (χ2v) is 6.60. The van der Waals surface area contributed by atoms with Gasteiger partial charge >= 0.3 is 5.97 Å². The summed E-state index contributed by atoms with van der Waals surface area (Å²) in [7, 11) is 0. The van der Waals surface area contributed by atoms with Crippen molar-refractivity contribution in [1.29, 1.82) is 0 Å². The lowest BCUT2D eigenvalue weighted by Gasteiger charge is -2.15. The van der Waals surface area contributed by atoms with Gasteiger partial charge in [-0.25, -0.2) is 4.79 Å². The van der Waals surface area contributed by atoms with Gasteiger partial charge in [0.1, 0.15) is 5.75 Å². The van der Waals surface area contributed by atoms with Crippen molar-refractivity contribution in [2.24, 2.45) is 0 Å². The standard InChI is InChI=1S/C20H19Cl2NO5/c1-3-17(24)13-7-9-14(10-8-13)27-11-18(25)28-12(2)20(26)23-16-6-4-5-15(21)19(16)22/h4-10,12H,3,11H2,1-2H3,(H,23,26). The summed E-state index contributed by atoms with van der Waals surface area (Å²) in [4.78, 5) is 35.6. The van der Waals surface area contributed by atoms with Crippen LogP contribution in [0.1, 0.15) is 30.6 Å². The smallest absolute Gasteiger partial charge is 0.344 e. The van der Waals surface area contributed by atoms with Gasteiger partial charge in [0.05, 0.1) is 15.7 Å². The lowest BCUT2D eigenvalue weighted by molar-refractivity contribution is -0.155. The van der Waals surface area contributed by atoms with Crippen LogP contribution in [0.2, 0.25) is 10.0 Å². The highest BCUT2D eigenvalue weighted by atomic mass is 35.5. The molecular formula is C20H19Cl2NO5. The lowest BCUT2D eigenvalue weighted by atomic mass is 10.1. The molecule has 0 bridgehead atoms. The fourth-order valence-electron chi connectivity index (χ4n) is 2.20. The molecule has 6 nitrogen and oxygen atoms in total. The molecule has 0 spiro atoms. The predicted molar refractivity (Wildman–Crippen MR) is 107 cm³/mol. The molecule has 0 aromatic heterocycles. The normalized spacial score (nSPS) is 11.4. The van der Waals surface area contributed by atoms with E-state index in [-0.39, 0.29) is 17.4 Å². The predicted octanol–water partition coefficient (Wildman–Crippen LogP) is 4.54. The van der Waals surface area contributed by atoms with E-state index >= 15 is 0 Å². The lowest BCUT2D eigenvalue weighted by Crippen LogP contribution is -2.31. The van der Waals surface area contributed by atoms with Crippen LogP contribution < -0.4 is 10.1 Å². The Labute approximate surface area is 172 Å². The molecule has 0 saturated carbocycles. The van der Waals surface area contributed by atoms with Gasteiger partial charge in [-0.1, -0.05) is 36.2 Å². The third-order valence-corrected chi connectivity index (χ3v) is 4.56. The second-order valence-electron chi connectivity index (χ2n) is 5.81. The van der Waals surface area contributed by atoms with Crippen LogP contribution in [0.15, 0.2) is 42.5 Å². The first-order chi connectivity index (χ1) is 13.3. The quantitative estimate of drug-likeness (QED) is 0.497. The van der Waals surface area contributed by atoms with Crippen molar-refractivity contribution in [3.05, 3.63) is 58.1 Å². The highest BCUT2D eigenvalue weighted by molar-refractivity contribution is 6.44. The summed E-state index contributed by atoms with van der Waals surface area (Å²) < 4.78 is 10.4. The van der Waals surface area contributed by atoms with E-state index in [4.69, 9.17) is 32.7 Å². The van der Waals surface area contributed by atoms with E-state index in [1.807, 2.05) is 0 Å². The molecule has 1 N–H and O–H groups in total. The van der Waals surface area contributed by atoms with E-state index in [1.165, 1.54) is 6.92 Å². The number of ketones is 1. The molecule has 1 amide bonds. The van der Waals surface area contributed by atoms with Gasteiger partial charge in [-0.15, -0.1) is 0 Å².